The molecule has 1 heteroatoms. The van der Waals surface area contributed by atoms with Crippen LogP contribution in [0.1, 0.15) is 37.5 Å². The highest BCUT2D eigenvalue weighted by Gasteiger charge is 2.27. The maximum Gasteiger partial charge on any atom is 0.0216 e. The number of hydrogen-bond acceptors (Lipinski definition) is 0. The van der Waals surface area contributed by atoms with Crippen LogP contribution < -0.4 is 0 Å². The predicted molar refractivity (Wildman–Crippen MR) is 81.1 cm³/mol. The molecule has 1 aliphatic rings. The van der Waals surface area contributed by atoms with E-state index >= 15 is 0 Å². The molecule has 18 heavy (non-hydrogen) atoms. The SMILES string of the molecule is CC(C)(C)c1cccc2c1-c1cccc(Br)c1C2. The molecule has 0 N–H and O–H groups in total. The maximum atomic E-state index is 3.68. The summed E-state index contributed by atoms with van der Waals surface area (Å²) in [6, 6.07) is 13.3. The van der Waals surface area contributed by atoms with E-state index in [1.165, 1.54) is 32.3 Å². The lowest BCUT2D eigenvalue weighted by atomic mass is 9.81. The molecular weight excluding hydrogens is 284 g/mol. The number of benzene rings is 2. The average molecular weight is 301 g/mol. The van der Waals surface area contributed by atoms with Crippen LogP contribution in [0, 0.1) is 0 Å². The van der Waals surface area contributed by atoms with Gasteiger partial charge in [0.15, 0.2) is 0 Å². The quantitative estimate of drug-likeness (QED) is 0.527. The Morgan fingerprint density at radius 1 is 1.00 bits per heavy atom. The van der Waals surface area contributed by atoms with Crippen LogP contribution in [0.15, 0.2) is 40.9 Å². The average Bonchev–Trinajstić information content (AvgIpc) is 2.68. The highest BCUT2D eigenvalue weighted by atomic mass is 79.9. The molecule has 0 atom stereocenters. The van der Waals surface area contributed by atoms with Crippen molar-refractivity contribution in [1.82, 2.24) is 0 Å². The van der Waals surface area contributed by atoms with Gasteiger partial charge in [-0.05, 0) is 45.7 Å². The van der Waals surface area contributed by atoms with Crippen molar-refractivity contribution < 1.29 is 0 Å². The molecule has 92 valence electrons. The summed E-state index contributed by atoms with van der Waals surface area (Å²) in [6.07, 6.45) is 1.05. The van der Waals surface area contributed by atoms with E-state index in [1.807, 2.05) is 0 Å². The summed E-state index contributed by atoms with van der Waals surface area (Å²) < 4.78 is 1.23. The van der Waals surface area contributed by atoms with Crippen LogP contribution in [0.3, 0.4) is 0 Å². The first-order valence-corrected chi connectivity index (χ1v) is 7.18. The van der Waals surface area contributed by atoms with E-state index in [4.69, 9.17) is 0 Å². The fraction of sp³-hybridized carbons (Fsp3) is 0.294. The monoisotopic (exact) mass is 300 g/mol. The molecule has 0 bridgehead atoms. The first-order valence-electron chi connectivity index (χ1n) is 6.38. The van der Waals surface area contributed by atoms with Gasteiger partial charge in [-0.15, -0.1) is 0 Å². The third-order valence-electron chi connectivity index (χ3n) is 3.71. The molecule has 3 rings (SSSR count). The van der Waals surface area contributed by atoms with Crippen LogP contribution in [-0.2, 0) is 11.8 Å². The van der Waals surface area contributed by atoms with Crippen LogP contribution in [0.4, 0.5) is 0 Å². The lowest BCUT2D eigenvalue weighted by Crippen LogP contribution is -2.12. The second kappa shape index (κ2) is 3.96. The molecule has 0 aromatic heterocycles. The maximum absolute atomic E-state index is 3.68. The van der Waals surface area contributed by atoms with E-state index in [2.05, 4.69) is 73.1 Å². The van der Waals surface area contributed by atoms with E-state index in [0.29, 0.717) is 0 Å². The summed E-state index contributed by atoms with van der Waals surface area (Å²) in [7, 11) is 0. The van der Waals surface area contributed by atoms with Crippen molar-refractivity contribution >= 4 is 15.9 Å². The zero-order valence-corrected chi connectivity index (χ0v) is 12.6. The molecule has 2 aromatic carbocycles. The van der Waals surface area contributed by atoms with Gasteiger partial charge in [-0.25, -0.2) is 0 Å². The topological polar surface area (TPSA) is 0 Å². The molecule has 0 aliphatic heterocycles. The molecule has 0 nitrogen and oxygen atoms in total. The van der Waals surface area contributed by atoms with E-state index in [0.717, 1.165) is 6.42 Å². The molecule has 2 aromatic rings. The van der Waals surface area contributed by atoms with Gasteiger partial charge >= 0.3 is 0 Å². The Kier molecular flexibility index (Phi) is 2.63. The normalized spacial score (nSPS) is 13.3. The molecule has 0 fully saturated rings. The zero-order chi connectivity index (χ0) is 12.9. The number of rotatable bonds is 0. The standard InChI is InChI=1S/C17H17Br/c1-17(2,3)14-8-4-6-11-10-13-12(16(11)14)7-5-9-15(13)18/h4-9H,10H2,1-3H3. The van der Waals surface area contributed by atoms with E-state index in [-0.39, 0.29) is 5.41 Å². The molecule has 0 unspecified atom stereocenters. The number of fused-ring (bicyclic) bond motifs is 3. The Bertz CT molecular complexity index is 618. The Morgan fingerprint density at radius 2 is 1.72 bits per heavy atom. The fourth-order valence-electron chi connectivity index (χ4n) is 2.85. The van der Waals surface area contributed by atoms with Gasteiger partial charge in [-0.3, -0.25) is 0 Å². The summed E-state index contributed by atoms with van der Waals surface area (Å²) in [5, 5.41) is 0. The fourth-order valence-corrected chi connectivity index (χ4v) is 3.36. The van der Waals surface area contributed by atoms with Gasteiger partial charge in [0, 0.05) is 4.47 Å². The molecular formula is C17H17Br. The van der Waals surface area contributed by atoms with E-state index < -0.39 is 0 Å². The largest absolute Gasteiger partial charge is 0.0616 e. The van der Waals surface area contributed by atoms with Gasteiger partial charge in [0.05, 0.1) is 0 Å². The van der Waals surface area contributed by atoms with Crippen LogP contribution >= 0.6 is 15.9 Å². The first-order chi connectivity index (χ1) is 8.48. The second-order valence-corrected chi connectivity index (χ2v) is 6.89. The Hall–Kier alpha value is -1.08. The number of hydrogen-bond donors (Lipinski definition) is 0. The molecule has 0 radical (unpaired) electrons. The lowest BCUT2D eigenvalue weighted by Gasteiger charge is -2.23. The minimum absolute atomic E-state index is 0.190. The van der Waals surface area contributed by atoms with Gasteiger partial charge in [-0.1, -0.05) is 67.0 Å². The zero-order valence-electron chi connectivity index (χ0n) is 11.0. The van der Waals surface area contributed by atoms with Gasteiger partial charge in [0.1, 0.15) is 0 Å². The highest BCUT2D eigenvalue weighted by Crippen LogP contribution is 2.44. The molecule has 0 heterocycles. The van der Waals surface area contributed by atoms with Crippen molar-refractivity contribution in [3.05, 3.63) is 57.6 Å². The molecule has 0 amide bonds. The summed E-state index contributed by atoms with van der Waals surface area (Å²) in [5.41, 5.74) is 7.41. The van der Waals surface area contributed by atoms with Crippen LogP contribution in [-0.4, -0.2) is 0 Å². The molecule has 0 saturated heterocycles. The van der Waals surface area contributed by atoms with E-state index in [1.54, 1.807) is 0 Å². The smallest absolute Gasteiger partial charge is 0.0216 e. The summed E-state index contributed by atoms with van der Waals surface area (Å²) in [6.45, 7) is 6.87. The first kappa shape index (κ1) is 12.0. The molecule has 0 spiro atoms. The van der Waals surface area contributed by atoms with Crippen molar-refractivity contribution in [2.24, 2.45) is 0 Å². The van der Waals surface area contributed by atoms with Crippen molar-refractivity contribution in [3.8, 4) is 11.1 Å². The lowest BCUT2D eigenvalue weighted by molar-refractivity contribution is 0.592. The minimum Gasteiger partial charge on any atom is -0.0616 e. The number of halogens is 1. The van der Waals surface area contributed by atoms with Crippen LogP contribution in [0.25, 0.3) is 11.1 Å². The van der Waals surface area contributed by atoms with Crippen molar-refractivity contribution in [3.63, 3.8) is 0 Å². The van der Waals surface area contributed by atoms with Crippen molar-refractivity contribution in [2.45, 2.75) is 32.6 Å². The predicted octanol–water partition coefficient (Wildman–Crippen LogP) is 5.32. The second-order valence-electron chi connectivity index (χ2n) is 6.03. The summed E-state index contributed by atoms with van der Waals surface area (Å²) in [4.78, 5) is 0. The van der Waals surface area contributed by atoms with Crippen molar-refractivity contribution in [2.75, 3.05) is 0 Å². The Balaban J connectivity index is 2.32. The molecule has 0 saturated carbocycles. The van der Waals surface area contributed by atoms with Gasteiger partial charge < -0.3 is 0 Å². The summed E-state index contributed by atoms with van der Waals surface area (Å²) in [5.74, 6) is 0. The third-order valence-corrected chi connectivity index (χ3v) is 4.46. The Labute approximate surface area is 117 Å². The molecule has 1 aliphatic carbocycles. The van der Waals surface area contributed by atoms with E-state index in [9.17, 15) is 0 Å². The van der Waals surface area contributed by atoms with Gasteiger partial charge in [0.25, 0.3) is 0 Å². The highest BCUT2D eigenvalue weighted by molar-refractivity contribution is 9.10. The summed E-state index contributed by atoms with van der Waals surface area (Å²) >= 11 is 3.68. The van der Waals surface area contributed by atoms with Crippen LogP contribution in [0.2, 0.25) is 0 Å². The third kappa shape index (κ3) is 1.73. The Morgan fingerprint density at radius 3 is 2.44 bits per heavy atom. The minimum atomic E-state index is 0.190. The van der Waals surface area contributed by atoms with Crippen molar-refractivity contribution in [1.29, 1.82) is 0 Å². The van der Waals surface area contributed by atoms with Crippen LogP contribution in [0.5, 0.6) is 0 Å². The van der Waals surface area contributed by atoms with Gasteiger partial charge in [0.2, 0.25) is 0 Å². The van der Waals surface area contributed by atoms with Gasteiger partial charge in [-0.2, -0.15) is 0 Å².